The fraction of sp³-hybridized carbons (Fsp3) is 0.571. The molecule has 2 nitrogen and oxygen atoms in total. The zero-order valence-electron chi connectivity index (χ0n) is 10.7. The molecule has 0 saturated carbocycles. The molecule has 1 aliphatic heterocycles. The molecular weight excluding hydrogens is 200 g/mol. The molecule has 0 atom stereocenters. The highest BCUT2D eigenvalue weighted by atomic mass is 16.5. The average molecular weight is 220 g/mol. The summed E-state index contributed by atoms with van der Waals surface area (Å²) in [7, 11) is 0. The predicted molar refractivity (Wildman–Crippen MR) is 64.8 cm³/mol. The minimum Gasteiger partial charge on any atom is -0.508 e. The molecule has 2 heteroatoms. The van der Waals surface area contributed by atoms with Gasteiger partial charge in [0.2, 0.25) is 0 Å². The Balaban J connectivity index is 2.70. The van der Waals surface area contributed by atoms with Crippen LogP contribution in [0.5, 0.6) is 5.75 Å². The van der Waals surface area contributed by atoms with E-state index in [9.17, 15) is 5.11 Å². The van der Waals surface area contributed by atoms with E-state index in [1.54, 1.807) is 0 Å². The first-order valence-electron chi connectivity index (χ1n) is 5.72. The van der Waals surface area contributed by atoms with Gasteiger partial charge in [0.25, 0.3) is 0 Å². The van der Waals surface area contributed by atoms with Crippen LogP contribution in [0, 0.1) is 6.92 Å². The summed E-state index contributed by atoms with van der Waals surface area (Å²) in [6.07, 6.45) is 0. The second-order valence-corrected chi connectivity index (χ2v) is 5.87. The van der Waals surface area contributed by atoms with Crippen molar-refractivity contribution < 1.29 is 9.84 Å². The second kappa shape index (κ2) is 3.24. The van der Waals surface area contributed by atoms with Crippen molar-refractivity contribution in [2.24, 2.45) is 0 Å². The number of phenolic OH excluding ortho intramolecular Hbond substituents is 1. The molecule has 0 aliphatic carbocycles. The fourth-order valence-corrected chi connectivity index (χ4v) is 2.27. The van der Waals surface area contributed by atoms with Gasteiger partial charge in [0.05, 0.1) is 12.2 Å². The maximum atomic E-state index is 9.84. The number of hydrogen-bond donors (Lipinski definition) is 1. The van der Waals surface area contributed by atoms with Crippen molar-refractivity contribution in [3.05, 3.63) is 28.8 Å². The summed E-state index contributed by atoms with van der Waals surface area (Å²) < 4.78 is 5.92. The normalized spacial score (nSPS) is 21.6. The molecule has 0 aromatic heterocycles. The summed E-state index contributed by atoms with van der Waals surface area (Å²) in [4.78, 5) is 0. The Morgan fingerprint density at radius 2 is 1.75 bits per heavy atom. The highest BCUT2D eigenvalue weighted by Gasteiger charge is 2.38. The largest absolute Gasteiger partial charge is 0.508 e. The third-order valence-corrected chi connectivity index (χ3v) is 3.51. The Kier molecular flexibility index (Phi) is 2.32. The van der Waals surface area contributed by atoms with Gasteiger partial charge in [-0.3, -0.25) is 0 Å². The maximum absolute atomic E-state index is 9.84. The lowest BCUT2D eigenvalue weighted by Crippen LogP contribution is -2.39. The number of phenols is 1. The monoisotopic (exact) mass is 220 g/mol. The van der Waals surface area contributed by atoms with Gasteiger partial charge in [0.15, 0.2) is 0 Å². The van der Waals surface area contributed by atoms with Crippen LogP contribution < -0.4 is 0 Å². The van der Waals surface area contributed by atoms with Gasteiger partial charge in [-0.25, -0.2) is 0 Å². The van der Waals surface area contributed by atoms with Crippen LogP contribution >= 0.6 is 0 Å². The van der Waals surface area contributed by atoms with E-state index in [1.165, 1.54) is 11.1 Å². The zero-order valence-corrected chi connectivity index (χ0v) is 10.7. The van der Waals surface area contributed by atoms with Crippen LogP contribution in [0.25, 0.3) is 0 Å². The maximum Gasteiger partial charge on any atom is 0.118 e. The number of benzene rings is 1. The lowest BCUT2D eigenvalue weighted by atomic mass is 9.75. The standard InChI is InChI=1S/C14H20O2/c1-9-6-11-10(7-12(9)15)13(2,3)8-16-14(11,4)5/h6-7,15H,8H2,1-5H3. The number of ether oxygens (including phenoxy) is 1. The van der Waals surface area contributed by atoms with Crippen LogP contribution in [0.3, 0.4) is 0 Å². The molecule has 1 aliphatic rings. The molecule has 1 aromatic rings. The third kappa shape index (κ3) is 1.61. The van der Waals surface area contributed by atoms with Gasteiger partial charge >= 0.3 is 0 Å². The molecule has 0 bridgehead atoms. The number of aryl methyl sites for hydroxylation is 1. The topological polar surface area (TPSA) is 29.5 Å². The van der Waals surface area contributed by atoms with Crippen molar-refractivity contribution >= 4 is 0 Å². The predicted octanol–water partition coefficient (Wildman–Crippen LogP) is 3.24. The molecule has 1 heterocycles. The SMILES string of the molecule is Cc1cc2c(cc1O)C(C)(C)COC2(C)C. The van der Waals surface area contributed by atoms with Crippen LogP contribution in [0.15, 0.2) is 12.1 Å². The van der Waals surface area contributed by atoms with Crippen LogP contribution in [-0.4, -0.2) is 11.7 Å². The molecule has 0 unspecified atom stereocenters. The Morgan fingerprint density at radius 1 is 1.12 bits per heavy atom. The summed E-state index contributed by atoms with van der Waals surface area (Å²) >= 11 is 0. The van der Waals surface area contributed by atoms with Gasteiger partial charge in [0, 0.05) is 5.41 Å². The Labute approximate surface area is 97.3 Å². The average Bonchev–Trinajstić information content (AvgIpc) is 2.17. The molecule has 0 amide bonds. The molecule has 1 aromatic carbocycles. The first-order chi connectivity index (χ1) is 7.24. The Hall–Kier alpha value is -1.02. The van der Waals surface area contributed by atoms with Crippen molar-refractivity contribution in [2.45, 2.75) is 45.6 Å². The third-order valence-electron chi connectivity index (χ3n) is 3.51. The number of rotatable bonds is 0. The van der Waals surface area contributed by atoms with E-state index in [-0.39, 0.29) is 11.0 Å². The minimum atomic E-state index is -0.261. The zero-order chi connectivity index (χ0) is 12.1. The summed E-state index contributed by atoms with van der Waals surface area (Å²) in [5.74, 6) is 0.379. The lowest BCUT2D eigenvalue weighted by Gasteiger charge is -2.42. The van der Waals surface area contributed by atoms with Crippen LogP contribution in [-0.2, 0) is 15.8 Å². The van der Waals surface area contributed by atoms with E-state index >= 15 is 0 Å². The second-order valence-electron chi connectivity index (χ2n) is 5.87. The van der Waals surface area contributed by atoms with Gasteiger partial charge in [-0.05, 0) is 49.6 Å². The molecule has 1 N–H and O–H groups in total. The van der Waals surface area contributed by atoms with Crippen molar-refractivity contribution in [3.63, 3.8) is 0 Å². The molecular formula is C14H20O2. The van der Waals surface area contributed by atoms with E-state index in [2.05, 4.69) is 27.7 Å². The Morgan fingerprint density at radius 3 is 2.38 bits per heavy atom. The lowest BCUT2D eigenvalue weighted by molar-refractivity contribution is -0.0588. The van der Waals surface area contributed by atoms with E-state index in [1.807, 2.05) is 19.1 Å². The highest BCUT2D eigenvalue weighted by molar-refractivity contribution is 5.47. The quantitative estimate of drug-likeness (QED) is 0.727. The van der Waals surface area contributed by atoms with Gasteiger partial charge in [-0.15, -0.1) is 0 Å². The molecule has 88 valence electrons. The van der Waals surface area contributed by atoms with Gasteiger partial charge in [-0.1, -0.05) is 13.8 Å². The first-order valence-corrected chi connectivity index (χ1v) is 5.72. The van der Waals surface area contributed by atoms with Crippen molar-refractivity contribution in [1.82, 2.24) is 0 Å². The molecule has 0 spiro atoms. The van der Waals surface area contributed by atoms with Gasteiger partial charge in [0.1, 0.15) is 5.75 Å². The molecule has 2 rings (SSSR count). The summed E-state index contributed by atoms with van der Waals surface area (Å²) in [5.41, 5.74) is 3.01. The number of fused-ring (bicyclic) bond motifs is 1. The van der Waals surface area contributed by atoms with Gasteiger partial charge < -0.3 is 9.84 Å². The van der Waals surface area contributed by atoms with E-state index in [0.717, 1.165) is 5.56 Å². The number of aromatic hydroxyl groups is 1. The molecule has 0 saturated heterocycles. The number of hydrogen-bond acceptors (Lipinski definition) is 2. The Bertz CT molecular complexity index is 390. The summed E-state index contributed by atoms with van der Waals surface area (Å²) in [6.45, 7) is 11.1. The van der Waals surface area contributed by atoms with Crippen LogP contribution in [0.4, 0.5) is 0 Å². The van der Waals surface area contributed by atoms with Crippen molar-refractivity contribution in [1.29, 1.82) is 0 Å². The van der Waals surface area contributed by atoms with Crippen LogP contribution in [0.2, 0.25) is 0 Å². The van der Waals surface area contributed by atoms with Crippen molar-refractivity contribution in [2.75, 3.05) is 6.61 Å². The van der Waals surface area contributed by atoms with E-state index in [0.29, 0.717) is 12.4 Å². The molecule has 16 heavy (non-hydrogen) atoms. The molecule has 0 radical (unpaired) electrons. The summed E-state index contributed by atoms with van der Waals surface area (Å²) in [6, 6.07) is 3.94. The molecule has 0 fully saturated rings. The van der Waals surface area contributed by atoms with Crippen molar-refractivity contribution in [3.8, 4) is 5.75 Å². The fourth-order valence-electron chi connectivity index (χ4n) is 2.27. The van der Waals surface area contributed by atoms with E-state index < -0.39 is 0 Å². The van der Waals surface area contributed by atoms with Crippen LogP contribution in [0.1, 0.15) is 44.4 Å². The highest BCUT2D eigenvalue weighted by Crippen LogP contribution is 2.43. The minimum absolute atomic E-state index is 0.0317. The summed E-state index contributed by atoms with van der Waals surface area (Å²) in [5, 5.41) is 9.84. The van der Waals surface area contributed by atoms with E-state index in [4.69, 9.17) is 4.74 Å². The smallest absolute Gasteiger partial charge is 0.118 e. The first kappa shape index (κ1) is 11.5. The van der Waals surface area contributed by atoms with Gasteiger partial charge in [-0.2, -0.15) is 0 Å².